The average molecular weight is 518 g/mol. The summed E-state index contributed by atoms with van der Waals surface area (Å²) in [5.74, 6) is -1.57. The van der Waals surface area contributed by atoms with Crippen LogP contribution < -0.4 is 9.62 Å². The topological polar surface area (TPSA) is 48.1 Å². The first-order chi connectivity index (χ1) is 17.4. The molecule has 0 aromatic heterocycles. The molecule has 194 valence electrons. The van der Waals surface area contributed by atoms with Crippen LogP contribution in [-0.4, -0.2) is 54.4 Å². The molecule has 1 aliphatic heterocycles. The molecule has 2 fully saturated rings. The van der Waals surface area contributed by atoms with Crippen molar-refractivity contribution in [3.8, 4) is 0 Å². The molecule has 0 spiro atoms. The number of nitrogens with one attached hydrogen (secondary N) is 1. The summed E-state index contributed by atoms with van der Waals surface area (Å²) in [4.78, 5) is 17.0. The Balaban J connectivity index is 1.42. The van der Waals surface area contributed by atoms with Crippen molar-refractivity contribution in [1.82, 2.24) is 13.9 Å². The standard InChI is InChI=1S/C27H34F2N4O2S/c1-20(32-12-14-33(15-13-32)36-30-19-21-8-4-3-5-9-21)26(35-25-10-6-7-11-25)27(34)31(2)24-17-22(28)16-23(29)18-24/h3-5,8-9,16-18,25,30H,6-7,10-15,19H2,1-2H3/p+1/b26-20-. The van der Waals surface area contributed by atoms with Crippen LogP contribution in [-0.2, 0) is 28.2 Å². The van der Waals surface area contributed by atoms with Crippen LogP contribution in [0.15, 0.2) is 60.0 Å². The third kappa shape index (κ3) is 6.99. The molecule has 2 aromatic carbocycles. The van der Waals surface area contributed by atoms with Gasteiger partial charge in [-0.25, -0.2) is 8.78 Å². The predicted molar refractivity (Wildman–Crippen MR) is 141 cm³/mol. The van der Waals surface area contributed by atoms with Gasteiger partial charge in [0.25, 0.3) is 5.91 Å². The first-order valence-corrected chi connectivity index (χ1v) is 13.3. The molecule has 2 aromatic rings. The maximum atomic E-state index is 13.8. The first kappa shape index (κ1) is 26.4. The van der Waals surface area contributed by atoms with Crippen molar-refractivity contribution in [2.24, 2.45) is 0 Å². The number of hydrogen-bond acceptors (Lipinski definition) is 5. The van der Waals surface area contributed by atoms with Crippen molar-refractivity contribution in [1.29, 1.82) is 0 Å². The van der Waals surface area contributed by atoms with Crippen LogP contribution in [0.2, 0.25) is 0 Å². The fourth-order valence-corrected chi connectivity index (χ4v) is 5.40. The Morgan fingerprint density at radius 2 is 1.69 bits per heavy atom. The van der Waals surface area contributed by atoms with E-state index in [2.05, 4.69) is 26.1 Å². The number of halogens is 2. The van der Waals surface area contributed by atoms with Gasteiger partial charge in [-0.1, -0.05) is 30.3 Å². The number of hydrogen-bond donors (Lipinski definition) is 1. The van der Waals surface area contributed by atoms with Gasteiger partial charge in [0.1, 0.15) is 11.6 Å². The molecule has 0 atom stereocenters. The van der Waals surface area contributed by atoms with Crippen LogP contribution in [0.5, 0.6) is 0 Å². The number of anilines is 1. The van der Waals surface area contributed by atoms with Crippen LogP contribution >= 0.6 is 0 Å². The number of piperazine rings is 1. The Morgan fingerprint density at radius 3 is 2.33 bits per heavy atom. The number of carbonyl (C=O) groups excluding carboxylic acids is 1. The monoisotopic (exact) mass is 517 g/mol. The van der Waals surface area contributed by atoms with Gasteiger partial charge in [0, 0.05) is 31.9 Å². The van der Waals surface area contributed by atoms with E-state index in [0.29, 0.717) is 0 Å². The summed E-state index contributed by atoms with van der Waals surface area (Å²) in [6.45, 7) is 5.92. The molecule has 1 N–H and O–H groups in total. The Bertz CT molecular complexity index is 1030. The average Bonchev–Trinajstić information content (AvgIpc) is 3.40. The molecule has 1 saturated heterocycles. The lowest BCUT2D eigenvalue weighted by Gasteiger charge is -2.34. The van der Waals surface area contributed by atoms with Gasteiger partial charge in [-0.15, -0.1) is 9.03 Å². The molecule has 4 rings (SSSR count). The zero-order valence-corrected chi connectivity index (χ0v) is 21.8. The molecule has 0 radical (unpaired) electrons. The highest BCUT2D eigenvalue weighted by Crippen LogP contribution is 2.28. The number of benzene rings is 2. The SMILES string of the molecule is C/C(=C(/OC1CCCC1)C(=O)N(C)c1cc(F)cc(F)c1)N1CCN([SH+]NCc2ccccc2)CC1. The molecule has 9 heteroatoms. The van der Waals surface area contributed by atoms with E-state index < -0.39 is 17.5 Å². The van der Waals surface area contributed by atoms with Crippen molar-refractivity contribution in [2.75, 3.05) is 38.1 Å². The van der Waals surface area contributed by atoms with Gasteiger partial charge < -0.3 is 14.5 Å². The summed E-state index contributed by atoms with van der Waals surface area (Å²) in [5.41, 5.74) is 2.17. The third-order valence-electron chi connectivity index (χ3n) is 6.72. The fourth-order valence-electron chi connectivity index (χ4n) is 4.56. The zero-order valence-electron chi connectivity index (χ0n) is 20.9. The molecule has 2 aliphatic rings. The number of rotatable bonds is 9. The van der Waals surface area contributed by atoms with Crippen molar-refractivity contribution in [3.05, 3.63) is 77.2 Å². The first-order valence-electron chi connectivity index (χ1n) is 12.5. The van der Waals surface area contributed by atoms with E-state index in [4.69, 9.17) is 4.74 Å². The van der Waals surface area contributed by atoms with Crippen LogP contribution in [0.3, 0.4) is 0 Å². The van der Waals surface area contributed by atoms with Gasteiger partial charge in [0.2, 0.25) is 5.76 Å². The second-order valence-electron chi connectivity index (χ2n) is 9.29. The Kier molecular flexibility index (Phi) is 9.23. The lowest BCUT2D eigenvalue weighted by molar-refractivity contribution is -0.119. The van der Waals surface area contributed by atoms with Crippen LogP contribution in [0, 0.1) is 11.6 Å². The van der Waals surface area contributed by atoms with Gasteiger partial charge in [-0.2, -0.15) is 0 Å². The minimum absolute atomic E-state index is 0.0152. The lowest BCUT2D eigenvalue weighted by Crippen LogP contribution is -2.47. The van der Waals surface area contributed by atoms with Gasteiger partial charge in [-0.05, 0) is 50.3 Å². The van der Waals surface area contributed by atoms with Crippen LogP contribution in [0.1, 0.15) is 38.2 Å². The minimum Gasteiger partial charge on any atom is -0.483 e. The van der Waals surface area contributed by atoms with Crippen LogP contribution in [0.25, 0.3) is 0 Å². The van der Waals surface area contributed by atoms with E-state index in [1.54, 1.807) is 0 Å². The molecule has 1 heterocycles. The summed E-state index contributed by atoms with van der Waals surface area (Å²) >= 11 is 1.07. The van der Waals surface area contributed by atoms with E-state index in [9.17, 15) is 13.6 Å². The molecule has 1 aliphatic carbocycles. The Hall–Kier alpha value is -2.62. The summed E-state index contributed by atoms with van der Waals surface area (Å²) in [7, 11) is 1.52. The minimum atomic E-state index is -0.722. The Labute approximate surface area is 216 Å². The smallest absolute Gasteiger partial charge is 0.294 e. The van der Waals surface area contributed by atoms with Gasteiger partial charge in [0.05, 0.1) is 31.4 Å². The molecule has 0 bridgehead atoms. The van der Waals surface area contributed by atoms with E-state index in [-0.39, 0.29) is 17.6 Å². The van der Waals surface area contributed by atoms with E-state index in [0.717, 1.165) is 94.4 Å². The second-order valence-corrected chi connectivity index (χ2v) is 10.4. The summed E-state index contributed by atoms with van der Waals surface area (Å²) < 4.78 is 39.7. The molecule has 6 nitrogen and oxygen atoms in total. The van der Waals surface area contributed by atoms with E-state index in [1.165, 1.54) is 17.5 Å². The number of thiol groups is 1. The predicted octanol–water partition coefficient (Wildman–Crippen LogP) is 4.17. The highest BCUT2D eigenvalue weighted by atomic mass is 32.2. The number of nitrogens with zero attached hydrogens (tertiary/aromatic N) is 3. The lowest BCUT2D eigenvalue weighted by atomic mass is 10.2. The van der Waals surface area contributed by atoms with Crippen molar-refractivity contribution in [2.45, 2.75) is 45.3 Å². The molecular weight excluding hydrogens is 482 g/mol. The zero-order chi connectivity index (χ0) is 25.5. The quantitative estimate of drug-likeness (QED) is 0.234. The highest BCUT2D eigenvalue weighted by Gasteiger charge is 2.30. The highest BCUT2D eigenvalue weighted by molar-refractivity contribution is 7.73. The molecular formula is C27H35F2N4O2S+. The number of ether oxygens (including phenoxy) is 1. The number of likely N-dealkylation sites (N-methyl/N-ethyl adjacent to an activating group) is 1. The van der Waals surface area contributed by atoms with E-state index >= 15 is 0 Å². The summed E-state index contributed by atoms with van der Waals surface area (Å²) in [5, 5.41) is 0. The molecule has 1 amide bonds. The van der Waals surface area contributed by atoms with Gasteiger partial charge >= 0.3 is 0 Å². The van der Waals surface area contributed by atoms with Crippen molar-refractivity contribution in [3.63, 3.8) is 0 Å². The maximum absolute atomic E-state index is 13.8. The van der Waals surface area contributed by atoms with E-state index in [1.807, 2.05) is 25.1 Å². The molecule has 0 unspecified atom stereocenters. The number of amides is 1. The van der Waals surface area contributed by atoms with Gasteiger partial charge in [-0.3, -0.25) is 4.79 Å². The van der Waals surface area contributed by atoms with Crippen LogP contribution in [0.4, 0.5) is 14.5 Å². The number of allylic oxidation sites excluding steroid dienone is 1. The maximum Gasteiger partial charge on any atom is 0.294 e. The van der Waals surface area contributed by atoms with Gasteiger partial charge in [0.15, 0.2) is 12.1 Å². The summed E-state index contributed by atoms with van der Waals surface area (Å²) in [6, 6.07) is 13.4. The molecule has 36 heavy (non-hydrogen) atoms. The third-order valence-corrected chi connectivity index (χ3v) is 7.70. The summed E-state index contributed by atoms with van der Waals surface area (Å²) in [6.07, 6.45) is 3.94. The molecule has 1 saturated carbocycles. The largest absolute Gasteiger partial charge is 0.483 e. The number of carbonyl (C=O) groups is 1. The van der Waals surface area contributed by atoms with Crippen molar-refractivity contribution < 1.29 is 18.3 Å². The fraction of sp³-hybridized carbons (Fsp3) is 0.444. The second kappa shape index (κ2) is 12.6. The Morgan fingerprint density at radius 1 is 1.06 bits per heavy atom. The normalized spacial score (nSPS) is 17.7. The van der Waals surface area contributed by atoms with Crippen molar-refractivity contribution >= 4 is 23.7 Å².